The summed E-state index contributed by atoms with van der Waals surface area (Å²) in [4.78, 5) is 21.7. The number of likely N-dealkylation sites (N-methyl/N-ethyl adjacent to an activating group) is 1. The van der Waals surface area contributed by atoms with Crippen LogP contribution in [0.3, 0.4) is 0 Å². The Bertz CT molecular complexity index is 815. The molecule has 128 valence electrons. The van der Waals surface area contributed by atoms with E-state index in [0.29, 0.717) is 5.03 Å². The van der Waals surface area contributed by atoms with Crippen molar-refractivity contribution >= 4 is 28.8 Å². The molecule has 5 heteroatoms. The quantitative estimate of drug-likeness (QED) is 0.820. The van der Waals surface area contributed by atoms with Gasteiger partial charge in [0.15, 0.2) is 0 Å². The highest BCUT2D eigenvalue weighted by Crippen LogP contribution is 2.38. The summed E-state index contributed by atoms with van der Waals surface area (Å²) in [6.07, 6.45) is 5.65. The average Bonchev–Trinajstić information content (AvgIpc) is 2.63. The molecule has 4 rings (SSSR count). The molecule has 1 atom stereocenters. The van der Waals surface area contributed by atoms with Crippen molar-refractivity contribution in [2.45, 2.75) is 0 Å². The number of carbonyl (C=O) groups is 1. The maximum atomic E-state index is 12.9. The van der Waals surface area contributed by atoms with Crippen LogP contribution in [0.15, 0.2) is 64.3 Å². The molecule has 0 N–H and O–H groups in total. The molecule has 1 amide bonds. The van der Waals surface area contributed by atoms with Crippen LogP contribution in [0.4, 0.5) is 0 Å². The maximum Gasteiger partial charge on any atom is 0.293 e. The molecular weight excluding hydrogens is 334 g/mol. The number of dihydropyridines is 1. The van der Waals surface area contributed by atoms with Gasteiger partial charge < -0.3 is 9.80 Å². The summed E-state index contributed by atoms with van der Waals surface area (Å²) in [5, 5.41) is 0.685. The third-order valence-corrected chi connectivity index (χ3v) is 5.21. The molecule has 1 fully saturated rings. The molecule has 25 heavy (non-hydrogen) atoms. The van der Waals surface area contributed by atoms with Crippen LogP contribution >= 0.6 is 11.6 Å². The Labute approximate surface area is 152 Å². The van der Waals surface area contributed by atoms with E-state index < -0.39 is 0 Å². The first-order valence-electron chi connectivity index (χ1n) is 8.55. The van der Waals surface area contributed by atoms with E-state index in [-0.39, 0.29) is 11.8 Å². The Morgan fingerprint density at radius 1 is 1.08 bits per heavy atom. The first-order valence-corrected chi connectivity index (χ1v) is 8.92. The fourth-order valence-corrected chi connectivity index (χ4v) is 3.80. The Kier molecular flexibility index (Phi) is 4.32. The number of hydrogen-bond donors (Lipinski definition) is 0. The van der Waals surface area contributed by atoms with Crippen molar-refractivity contribution in [3.8, 4) is 0 Å². The molecule has 0 bridgehead atoms. The molecule has 1 aromatic carbocycles. The molecule has 1 aliphatic carbocycles. The molecule has 1 saturated heterocycles. The van der Waals surface area contributed by atoms with E-state index in [4.69, 9.17) is 11.6 Å². The van der Waals surface area contributed by atoms with Crippen molar-refractivity contribution in [1.82, 2.24) is 9.80 Å². The Balaban J connectivity index is 1.85. The molecule has 1 aromatic rings. The number of rotatable bonds is 2. The Morgan fingerprint density at radius 2 is 1.80 bits per heavy atom. The van der Waals surface area contributed by atoms with Gasteiger partial charge in [-0.15, -0.1) is 0 Å². The van der Waals surface area contributed by atoms with Crippen molar-refractivity contribution in [2.75, 3.05) is 33.2 Å². The van der Waals surface area contributed by atoms with Gasteiger partial charge in [0.05, 0.1) is 5.71 Å². The van der Waals surface area contributed by atoms with Crippen LogP contribution in [0.1, 0.15) is 5.56 Å². The third-order valence-electron chi connectivity index (χ3n) is 4.96. The van der Waals surface area contributed by atoms with Crippen molar-refractivity contribution in [3.05, 3.63) is 64.9 Å². The SMILES string of the molecule is CN1CCN(C2=C(c3ccccc3)C3C=C(Cl)C=CC3=NC2=O)CC1. The first-order chi connectivity index (χ1) is 12.1. The molecular formula is C20H20ClN3O. The van der Waals surface area contributed by atoms with Gasteiger partial charge in [-0.3, -0.25) is 4.79 Å². The molecule has 2 aliphatic heterocycles. The van der Waals surface area contributed by atoms with Crippen molar-refractivity contribution in [2.24, 2.45) is 10.9 Å². The monoisotopic (exact) mass is 353 g/mol. The van der Waals surface area contributed by atoms with Crippen LogP contribution in [-0.2, 0) is 4.79 Å². The van der Waals surface area contributed by atoms with Gasteiger partial charge in [0.1, 0.15) is 5.70 Å². The van der Waals surface area contributed by atoms with Crippen LogP contribution in [0, 0.1) is 5.92 Å². The predicted octanol–water partition coefficient (Wildman–Crippen LogP) is 2.94. The number of nitrogens with zero attached hydrogens (tertiary/aromatic N) is 3. The summed E-state index contributed by atoms with van der Waals surface area (Å²) in [6.45, 7) is 3.55. The van der Waals surface area contributed by atoms with Gasteiger partial charge in [0.2, 0.25) is 0 Å². The van der Waals surface area contributed by atoms with Gasteiger partial charge in [-0.2, -0.15) is 0 Å². The highest BCUT2D eigenvalue weighted by Gasteiger charge is 2.35. The number of aliphatic imine (C=N–C) groups is 1. The number of benzene rings is 1. The first kappa shape index (κ1) is 16.3. The highest BCUT2D eigenvalue weighted by molar-refractivity contribution is 6.33. The Hall–Kier alpha value is -2.17. The standard InChI is InChI=1S/C20H20ClN3O/c1-23-9-11-24(12-10-23)19-18(14-5-3-2-4-6-14)16-13-15(21)7-8-17(16)22-20(19)25/h2-8,13,16H,9-12H2,1H3. The van der Waals surface area contributed by atoms with Crippen LogP contribution in [0.25, 0.3) is 5.57 Å². The summed E-state index contributed by atoms with van der Waals surface area (Å²) in [7, 11) is 2.11. The predicted molar refractivity (Wildman–Crippen MR) is 101 cm³/mol. The molecule has 0 radical (unpaired) electrons. The van der Waals surface area contributed by atoms with Gasteiger partial charge in [-0.05, 0) is 24.8 Å². The summed E-state index contributed by atoms with van der Waals surface area (Å²) < 4.78 is 0. The second-order valence-electron chi connectivity index (χ2n) is 6.62. The lowest BCUT2D eigenvalue weighted by molar-refractivity contribution is -0.116. The number of piperazine rings is 1. The van der Waals surface area contributed by atoms with Crippen molar-refractivity contribution < 1.29 is 4.79 Å². The zero-order valence-electron chi connectivity index (χ0n) is 14.2. The zero-order valence-corrected chi connectivity index (χ0v) is 14.9. The molecule has 1 unspecified atom stereocenters. The normalized spacial score (nSPS) is 24.2. The minimum atomic E-state index is -0.147. The summed E-state index contributed by atoms with van der Waals surface area (Å²) >= 11 is 6.27. The van der Waals surface area contributed by atoms with Crippen LogP contribution in [0.5, 0.6) is 0 Å². The lowest BCUT2D eigenvalue weighted by Gasteiger charge is -2.38. The van der Waals surface area contributed by atoms with Gasteiger partial charge >= 0.3 is 0 Å². The molecule has 0 saturated carbocycles. The molecule has 4 nitrogen and oxygen atoms in total. The van der Waals surface area contributed by atoms with Gasteiger partial charge in [0.25, 0.3) is 5.91 Å². The minimum absolute atomic E-state index is 0.0766. The van der Waals surface area contributed by atoms with Crippen LogP contribution in [-0.4, -0.2) is 54.6 Å². The number of halogens is 1. The number of fused-ring (bicyclic) bond motifs is 1. The smallest absolute Gasteiger partial charge is 0.293 e. The van der Waals surface area contributed by atoms with Gasteiger partial charge in [0, 0.05) is 42.7 Å². The van der Waals surface area contributed by atoms with E-state index in [1.54, 1.807) is 6.08 Å². The topological polar surface area (TPSA) is 35.9 Å². The fraction of sp³-hybridized carbons (Fsp3) is 0.300. The average molecular weight is 354 g/mol. The lowest BCUT2D eigenvalue weighted by atomic mass is 9.82. The van der Waals surface area contributed by atoms with Gasteiger partial charge in [-0.1, -0.05) is 48.0 Å². The number of hydrogen-bond acceptors (Lipinski definition) is 3. The second-order valence-corrected chi connectivity index (χ2v) is 7.06. The van der Waals surface area contributed by atoms with E-state index in [0.717, 1.165) is 48.7 Å². The minimum Gasteiger partial charge on any atom is -0.364 e. The van der Waals surface area contributed by atoms with E-state index in [2.05, 4.69) is 34.0 Å². The third kappa shape index (κ3) is 3.08. The van der Waals surface area contributed by atoms with E-state index in [1.165, 1.54) is 0 Å². The van der Waals surface area contributed by atoms with Crippen LogP contribution < -0.4 is 0 Å². The van der Waals surface area contributed by atoms with Crippen LogP contribution in [0.2, 0.25) is 0 Å². The maximum absolute atomic E-state index is 12.9. The van der Waals surface area contributed by atoms with E-state index in [9.17, 15) is 4.79 Å². The van der Waals surface area contributed by atoms with E-state index in [1.807, 2.05) is 30.4 Å². The van der Waals surface area contributed by atoms with Gasteiger partial charge in [-0.25, -0.2) is 4.99 Å². The lowest BCUT2D eigenvalue weighted by Crippen LogP contribution is -2.46. The summed E-state index contributed by atoms with van der Waals surface area (Å²) in [5.74, 6) is -0.224. The number of allylic oxidation sites excluding steroid dienone is 5. The van der Waals surface area contributed by atoms with Crippen molar-refractivity contribution in [3.63, 3.8) is 0 Å². The summed E-state index contributed by atoms with van der Waals surface area (Å²) in [6, 6.07) is 10.1. The molecule has 0 spiro atoms. The second kappa shape index (κ2) is 6.62. The number of carbonyl (C=O) groups excluding carboxylic acids is 1. The Morgan fingerprint density at radius 3 is 2.52 bits per heavy atom. The largest absolute Gasteiger partial charge is 0.364 e. The highest BCUT2D eigenvalue weighted by atomic mass is 35.5. The summed E-state index contributed by atoms with van der Waals surface area (Å²) in [5.41, 5.74) is 3.57. The molecule has 2 heterocycles. The molecule has 0 aromatic heterocycles. The fourth-order valence-electron chi connectivity index (χ4n) is 3.61. The van der Waals surface area contributed by atoms with Crippen molar-refractivity contribution in [1.29, 1.82) is 0 Å². The molecule has 3 aliphatic rings. The van der Waals surface area contributed by atoms with E-state index >= 15 is 0 Å². The number of amides is 1. The zero-order chi connectivity index (χ0) is 17.4.